The summed E-state index contributed by atoms with van der Waals surface area (Å²) in [4.78, 5) is 10.8. The summed E-state index contributed by atoms with van der Waals surface area (Å²) in [5.41, 5.74) is 4.09. The van der Waals surface area contributed by atoms with Crippen LogP contribution in [0.15, 0.2) is 12.3 Å². The first-order valence-electron chi connectivity index (χ1n) is 5.76. The minimum absolute atomic E-state index is 0.0211. The molecule has 0 atom stereocenters. The van der Waals surface area contributed by atoms with Gasteiger partial charge in [0, 0.05) is 25.4 Å². The van der Waals surface area contributed by atoms with Gasteiger partial charge in [-0.2, -0.15) is 18.3 Å². The van der Waals surface area contributed by atoms with E-state index in [1.165, 1.54) is 17.9 Å². The lowest BCUT2D eigenvalue weighted by Gasteiger charge is -2.04. The minimum Gasteiger partial charge on any atom is -0.475 e. The molecule has 1 amide bonds. The van der Waals surface area contributed by atoms with E-state index in [4.69, 9.17) is 10.5 Å². The molecule has 2 aromatic rings. The molecule has 0 spiro atoms. The molecule has 21 heavy (non-hydrogen) atoms. The molecule has 7 nitrogen and oxygen atoms in total. The van der Waals surface area contributed by atoms with E-state index in [9.17, 15) is 18.0 Å². The highest BCUT2D eigenvalue weighted by Gasteiger charge is 2.35. The Morgan fingerprint density at radius 3 is 2.71 bits per heavy atom. The summed E-state index contributed by atoms with van der Waals surface area (Å²) in [7, 11) is 1.18. The monoisotopic (exact) mass is 302 g/mol. The molecule has 2 heterocycles. The summed E-state index contributed by atoms with van der Waals surface area (Å²) in [5.74, 6) is -0.856. The van der Waals surface area contributed by atoms with Gasteiger partial charge in [-0.1, -0.05) is 0 Å². The molecule has 0 saturated heterocycles. The fourth-order valence-corrected chi connectivity index (χ4v) is 1.58. The lowest BCUT2D eigenvalue weighted by molar-refractivity contribution is -0.143. The van der Waals surface area contributed by atoms with E-state index in [1.54, 1.807) is 0 Å². The zero-order valence-corrected chi connectivity index (χ0v) is 10.9. The molecule has 2 aromatic heterocycles. The predicted molar refractivity (Wildman–Crippen MR) is 63.3 cm³/mol. The molecule has 1 radical (unpaired) electrons. The number of rotatable bonds is 5. The lowest BCUT2D eigenvalue weighted by atomic mass is 10.4. The van der Waals surface area contributed by atoms with E-state index in [0.717, 1.165) is 6.07 Å². The number of ether oxygens (including phenoxy) is 1. The van der Waals surface area contributed by atoms with Crippen molar-refractivity contribution in [2.45, 2.75) is 12.7 Å². The largest absolute Gasteiger partial charge is 0.475 e. The zero-order valence-electron chi connectivity index (χ0n) is 10.9. The summed E-state index contributed by atoms with van der Waals surface area (Å²) in [6.07, 6.45) is -3.10. The Morgan fingerprint density at radius 2 is 2.19 bits per heavy atom. The van der Waals surface area contributed by atoms with Crippen LogP contribution in [0.3, 0.4) is 0 Å². The van der Waals surface area contributed by atoms with Crippen LogP contribution in [0.4, 0.5) is 13.2 Å². The van der Waals surface area contributed by atoms with E-state index in [0.29, 0.717) is 4.68 Å². The quantitative estimate of drug-likeness (QED) is 0.876. The number of primary amides is 1. The highest BCUT2D eigenvalue weighted by Crippen LogP contribution is 2.30. The molecule has 10 heteroatoms. The van der Waals surface area contributed by atoms with Gasteiger partial charge in [0.05, 0.1) is 6.54 Å². The van der Waals surface area contributed by atoms with Gasteiger partial charge in [-0.05, 0) is 0 Å². The lowest BCUT2D eigenvalue weighted by Crippen LogP contribution is -2.14. The number of nitrogens with two attached hydrogens (primary N) is 1. The maximum absolute atomic E-state index is 12.5. The van der Waals surface area contributed by atoms with Gasteiger partial charge >= 0.3 is 6.18 Å². The maximum atomic E-state index is 12.5. The van der Waals surface area contributed by atoms with Gasteiger partial charge in [0.25, 0.3) is 5.91 Å². The average Bonchev–Trinajstić information content (AvgIpc) is 2.95. The number of carbonyl (C=O) groups excluding carboxylic acids is 1. The number of halogens is 3. The zero-order chi connectivity index (χ0) is 15.6. The van der Waals surface area contributed by atoms with E-state index >= 15 is 0 Å². The molecular formula is C11H11F3N5O2. The van der Waals surface area contributed by atoms with Gasteiger partial charge in [-0.3, -0.25) is 14.2 Å². The van der Waals surface area contributed by atoms with Gasteiger partial charge in [-0.15, -0.1) is 5.10 Å². The Labute approximate surface area is 117 Å². The van der Waals surface area contributed by atoms with Crippen LogP contribution in [-0.2, 0) is 19.8 Å². The molecule has 113 valence electrons. The smallest absolute Gasteiger partial charge is 0.433 e. The first-order valence-corrected chi connectivity index (χ1v) is 5.76. The topological polar surface area (TPSA) is 88.0 Å². The van der Waals surface area contributed by atoms with E-state index in [2.05, 4.69) is 16.3 Å². The Kier molecular flexibility index (Phi) is 3.87. The Bertz CT molecular complexity index is 647. The fraction of sp³-hybridized carbons (Fsp3) is 0.364. The molecule has 2 rings (SSSR count). The third-order valence-electron chi connectivity index (χ3n) is 2.53. The van der Waals surface area contributed by atoms with Crippen LogP contribution < -0.4 is 10.5 Å². The number of aromatic nitrogens is 4. The summed E-state index contributed by atoms with van der Waals surface area (Å²) in [6.45, 7) is 0.240. The van der Waals surface area contributed by atoms with Crippen LogP contribution in [0, 0.1) is 6.07 Å². The van der Waals surface area contributed by atoms with Crippen LogP contribution in [-0.4, -0.2) is 32.1 Å². The Morgan fingerprint density at radius 1 is 1.48 bits per heavy atom. The van der Waals surface area contributed by atoms with Gasteiger partial charge in [0.2, 0.25) is 5.88 Å². The number of amides is 1. The number of alkyl halides is 3. The van der Waals surface area contributed by atoms with Crippen molar-refractivity contribution in [3.63, 3.8) is 0 Å². The van der Waals surface area contributed by atoms with Crippen molar-refractivity contribution in [2.75, 3.05) is 6.61 Å². The second kappa shape index (κ2) is 5.46. The Hall–Kier alpha value is -2.52. The van der Waals surface area contributed by atoms with Gasteiger partial charge in [0.15, 0.2) is 5.69 Å². The van der Waals surface area contributed by atoms with E-state index < -0.39 is 17.8 Å². The summed E-state index contributed by atoms with van der Waals surface area (Å²) < 4.78 is 44.8. The first-order chi connectivity index (χ1) is 9.77. The van der Waals surface area contributed by atoms with Crippen LogP contribution in [0.25, 0.3) is 0 Å². The predicted octanol–water partition coefficient (Wildman–Crippen LogP) is 0.613. The molecule has 0 aliphatic rings. The molecule has 0 fully saturated rings. The number of hydrogen-bond donors (Lipinski definition) is 1. The third-order valence-corrected chi connectivity index (χ3v) is 2.53. The average molecular weight is 302 g/mol. The normalized spacial score (nSPS) is 11.6. The highest BCUT2D eigenvalue weighted by molar-refractivity contribution is 5.90. The molecule has 0 aromatic carbocycles. The molecular weight excluding hydrogens is 291 g/mol. The maximum Gasteiger partial charge on any atom is 0.433 e. The van der Waals surface area contributed by atoms with Crippen LogP contribution in [0.5, 0.6) is 5.88 Å². The van der Waals surface area contributed by atoms with Crippen LogP contribution in [0.1, 0.15) is 16.2 Å². The van der Waals surface area contributed by atoms with Crippen molar-refractivity contribution >= 4 is 5.91 Å². The van der Waals surface area contributed by atoms with Crippen LogP contribution in [0.2, 0.25) is 0 Å². The Balaban J connectivity index is 1.93. The van der Waals surface area contributed by atoms with Gasteiger partial charge in [-0.25, -0.2) is 0 Å². The van der Waals surface area contributed by atoms with Crippen molar-refractivity contribution in [3.8, 4) is 5.88 Å². The van der Waals surface area contributed by atoms with Gasteiger partial charge < -0.3 is 10.5 Å². The standard InChI is InChI=1S/C11H11F3N5O2/c1-18-8(11(12,13)14)6-9(17-18)21-5-4-19-3-2-7(16-19)10(15)20/h3,6H,4-5H2,1H3,(H2,15,20). The summed E-state index contributed by atoms with van der Waals surface area (Å²) >= 11 is 0. The van der Waals surface area contributed by atoms with E-state index in [-0.39, 0.29) is 24.7 Å². The minimum atomic E-state index is -4.49. The SMILES string of the molecule is Cn1nc(OCCn2c[c]c(C(N)=O)n2)cc1C(F)(F)F. The second-order valence-corrected chi connectivity index (χ2v) is 4.09. The fourth-order valence-electron chi connectivity index (χ4n) is 1.58. The number of hydrogen-bond acceptors (Lipinski definition) is 4. The van der Waals surface area contributed by atoms with Crippen LogP contribution >= 0.6 is 0 Å². The van der Waals surface area contributed by atoms with Crippen molar-refractivity contribution in [2.24, 2.45) is 12.8 Å². The van der Waals surface area contributed by atoms with Crippen molar-refractivity contribution in [1.82, 2.24) is 19.6 Å². The first kappa shape index (κ1) is 14.9. The number of aryl methyl sites for hydroxylation is 1. The van der Waals surface area contributed by atoms with Crippen molar-refractivity contribution in [3.05, 3.63) is 29.7 Å². The highest BCUT2D eigenvalue weighted by atomic mass is 19.4. The summed E-state index contributed by atoms with van der Waals surface area (Å²) in [6, 6.07) is 3.35. The number of carbonyl (C=O) groups is 1. The molecule has 0 unspecified atom stereocenters. The van der Waals surface area contributed by atoms with Crippen molar-refractivity contribution in [1.29, 1.82) is 0 Å². The number of nitrogens with zero attached hydrogens (tertiary/aromatic N) is 4. The van der Waals surface area contributed by atoms with Gasteiger partial charge in [0.1, 0.15) is 12.3 Å². The molecule has 2 N–H and O–H groups in total. The summed E-state index contributed by atoms with van der Waals surface area (Å²) in [5, 5.41) is 7.41. The molecule has 0 aliphatic carbocycles. The molecule has 0 aliphatic heterocycles. The second-order valence-electron chi connectivity index (χ2n) is 4.09. The van der Waals surface area contributed by atoms with E-state index in [1.807, 2.05) is 0 Å². The van der Waals surface area contributed by atoms with Crippen molar-refractivity contribution < 1.29 is 22.7 Å². The third kappa shape index (κ3) is 3.52. The molecule has 0 bridgehead atoms. The molecule has 0 saturated carbocycles.